The van der Waals surface area contributed by atoms with E-state index in [0.29, 0.717) is 33.2 Å². The first-order chi connectivity index (χ1) is 9.61. The van der Waals surface area contributed by atoms with Crippen LogP contribution in [0.3, 0.4) is 0 Å². The molecule has 3 aliphatic carbocycles. The predicted molar refractivity (Wildman–Crippen MR) is 78.6 cm³/mol. The molecule has 1 aromatic carbocycles. The average Bonchev–Trinajstić information content (AvgIpc) is 2.88. The molecule has 4 atom stereocenters. The summed E-state index contributed by atoms with van der Waals surface area (Å²) < 4.78 is 5.13. The van der Waals surface area contributed by atoms with Gasteiger partial charge in [-0.2, -0.15) is 0 Å². The van der Waals surface area contributed by atoms with E-state index in [1.807, 2.05) is 0 Å². The summed E-state index contributed by atoms with van der Waals surface area (Å²) in [5.41, 5.74) is 0.566. The molecule has 0 saturated heterocycles. The van der Waals surface area contributed by atoms with E-state index in [0.717, 1.165) is 11.8 Å². The number of fused-ring (bicyclic) bond motifs is 5. The Kier molecular flexibility index (Phi) is 2.84. The van der Waals surface area contributed by atoms with Crippen molar-refractivity contribution in [2.24, 2.45) is 29.6 Å². The number of hydrogen-bond acceptors (Lipinski definition) is 2. The van der Waals surface area contributed by atoms with Gasteiger partial charge in [0.15, 0.2) is 5.78 Å². The highest BCUT2D eigenvalue weighted by atomic mass is 35.5. The third-order valence-electron chi connectivity index (χ3n) is 5.55. The van der Waals surface area contributed by atoms with Crippen molar-refractivity contribution in [3.8, 4) is 5.75 Å². The molecule has 0 heterocycles. The zero-order valence-electron chi connectivity index (χ0n) is 11.2. The largest absolute Gasteiger partial charge is 0.495 e. The number of carbonyl (C=O) groups excluding carboxylic acids is 1. The highest BCUT2D eigenvalue weighted by Gasteiger charge is 2.67. The molecule has 4 heteroatoms. The van der Waals surface area contributed by atoms with E-state index in [9.17, 15) is 4.79 Å². The number of benzene rings is 1. The lowest BCUT2D eigenvalue weighted by atomic mass is 9.96. The van der Waals surface area contributed by atoms with Crippen LogP contribution in [0.5, 0.6) is 5.75 Å². The van der Waals surface area contributed by atoms with Crippen LogP contribution in [-0.2, 0) is 0 Å². The number of ketones is 1. The Morgan fingerprint density at radius 2 is 1.80 bits per heavy atom. The van der Waals surface area contributed by atoms with Crippen LogP contribution in [0.4, 0.5) is 0 Å². The molecule has 0 amide bonds. The Labute approximate surface area is 128 Å². The summed E-state index contributed by atoms with van der Waals surface area (Å²) in [6.07, 6.45) is 3.97. The average molecular weight is 311 g/mol. The van der Waals surface area contributed by atoms with Crippen molar-refractivity contribution in [1.82, 2.24) is 0 Å². The molecule has 0 radical (unpaired) electrons. The monoisotopic (exact) mass is 310 g/mol. The van der Waals surface area contributed by atoms with E-state index in [1.165, 1.54) is 19.3 Å². The summed E-state index contributed by atoms with van der Waals surface area (Å²) >= 11 is 12.4. The molecule has 2 bridgehead atoms. The predicted octanol–water partition coefficient (Wildman–Crippen LogP) is 4.48. The van der Waals surface area contributed by atoms with Crippen LogP contribution < -0.4 is 4.74 Å². The maximum Gasteiger partial charge on any atom is 0.168 e. The second kappa shape index (κ2) is 4.38. The van der Waals surface area contributed by atoms with Crippen molar-refractivity contribution in [3.63, 3.8) is 0 Å². The Balaban J connectivity index is 1.63. The van der Waals surface area contributed by atoms with E-state index in [4.69, 9.17) is 27.9 Å². The van der Waals surface area contributed by atoms with E-state index in [-0.39, 0.29) is 11.7 Å². The molecule has 106 valence electrons. The second-order valence-electron chi connectivity index (χ2n) is 6.34. The smallest absolute Gasteiger partial charge is 0.168 e. The van der Waals surface area contributed by atoms with E-state index in [2.05, 4.69) is 0 Å². The summed E-state index contributed by atoms with van der Waals surface area (Å²) in [7, 11) is 1.54. The molecule has 2 nitrogen and oxygen atoms in total. The van der Waals surface area contributed by atoms with Gasteiger partial charge in [-0.3, -0.25) is 4.79 Å². The highest BCUT2D eigenvalue weighted by molar-refractivity contribution is 6.37. The third-order valence-corrected chi connectivity index (χ3v) is 6.15. The lowest BCUT2D eigenvalue weighted by molar-refractivity contribution is 0.0944. The van der Waals surface area contributed by atoms with Gasteiger partial charge in [-0.1, -0.05) is 23.2 Å². The van der Waals surface area contributed by atoms with E-state index in [1.54, 1.807) is 19.2 Å². The fourth-order valence-electron chi connectivity index (χ4n) is 4.73. The van der Waals surface area contributed by atoms with Gasteiger partial charge in [0.25, 0.3) is 0 Å². The zero-order valence-corrected chi connectivity index (χ0v) is 12.7. The van der Waals surface area contributed by atoms with Crippen LogP contribution in [0, 0.1) is 29.6 Å². The molecule has 0 aliphatic heterocycles. The van der Waals surface area contributed by atoms with Gasteiger partial charge < -0.3 is 4.74 Å². The normalized spacial score (nSPS) is 36.9. The number of halogens is 2. The van der Waals surface area contributed by atoms with Gasteiger partial charge in [-0.05, 0) is 49.0 Å². The minimum Gasteiger partial charge on any atom is -0.495 e. The number of carbonyl (C=O) groups is 1. The molecule has 0 N–H and O–H groups in total. The van der Waals surface area contributed by atoms with Gasteiger partial charge in [-0.25, -0.2) is 0 Å². The zero-order chi connectivity index (χ0) is 14.0. The Morgan fingerprint density at radius 1 is 1.15 bits per heavy atom. The summed E-state index contributed by atoms with van der Waals surface area (Å²) in [6.45, 7) is 0. The quantitative estimate of drug-likeness (QED) is 0.770. The van der Waals surface area contributed by atoms with Crippen LogP contribution >= 0.6 is 23.2 Å². The summed E-state index contributed by atoms with van der Waals surface area (Å²) in [4.78, 5) is 12.7. The molecular weight excluding hydrogens is 295 g/mol. The van der Waals surface area contributed by atoms with Gasteiger partial charge in [-0.15, -0.1) is 0 Å². The van der Waals surface area contributed by atoms with Gasteiger partial charge in [0.1, 0.15) is 5.75 Å². The van der Waals surface area contributed by atoms with Crippen molar-refractivity contribution in [2.75, 3.05) is 7.11 Å². The van der Waals surface area contributed by atoms with Crippen LogP contribution in [-0.4, -0.2) is 12.9 Å². The fourth-order valence-corrected chi connectivity index (χ4v) is 5.22. The first-order valence-electron chi connectivity index (χ1n) is 7.19. The summed E-state index contributed by atoms with van der Waals surface area (Å²) in [5, 5.41) is 0.905. The standard InChI is InChI=1S/C16H16Cl2O2/c1-20-12-6-10(17)9(5-11(12)18)16(19)15-13-7-2-3-8(4-7)14(13)15/h5-8,13-15H,2-4H2,1H3. The lowest BCUT2D eigenvalue weighted by Crippen LogP contribution is -2.10. The minimum absolute atomic E-state index is 0.186. The van der Waals surface area contributed by atoms with Crippen molar-refractivity contribution >= 4 is 29.0 Å². The summed E-state index contributed by atoms with van der Waals surface area (Å²) in [6, 6.07) is 3.31. The molecule has 3 aliphatic rings. The first kappa shape index (κ1) is 13.0. The van der Waals surface area contributed by atoms with Gasteiger partial charge in [0.2, 0.25) is 0 Å². The van der Waals surface area contributed by atoms with Crippen LogP contribution in [0.25, 0.3) is 0 Å². The van der Waals surface area contributed by atoms with E-state index >= 15 is 0 Å². The molecule has 3 saturated carbocycles. The second-order valence-corrected chi connectivity index (χ2v) is 7.16. The maximum atomic E-state index is 12.7. The van der Waals surface area contributed by atoms with Crippen molar-refractivity contribution < 1.29 is 9.53 Å². The number of methoxy groups -OCH3 is 1. The number of hydrogen-bond donors (Lipinski definition) is 0. The SMILES string of the molecule is COc1cc(Cl)c(C(=O)C2C3C4CCC(C4)C23)cc1Cl. The van der Waals surface area contributed by atoms with Gasteiger partial charge in [0.05, 0.1) is 17.2 Å². The lowest BCUT2D eigenvalue weighted by Gasteiger charge is -2.11. The Morgan fingerprint density at radius 3 is 2.40 bits per heavy atom. The Hall–Kier alpha value is -0.730. The van der Waals surface area contributed by atoms with Crippen LogP contribution in [0.1, 0.15) is 29.6 Å². The summed E-state index contributed by atoms with van der Waals surface area (Å²) in [5.74, 6) is 3.72. The number of ether oxygens (including phenoxy) is 1. The fraction of sp³-hybridized carbons (Fsp3) is 0.562. The molecule has 0 spiro atoms. The Bertz CT molecular complexity index is 582. The van der Waals surface area contributed by atoms with Crippen molar-refractivity contribution in [1.29, 1.82) is 0 Å². The number of rotatable bonds is 3. The molecule has 4 unspecified atom stereocenters. The van der Waals surface area contributed by atoms with Gasteiger partial charge >= 0.3 is 0 Å². The highest BCUT2D eigenvalue weighted by Crippen LogP contribution is 2.70. The molecule has 3 fully saturated rings. The molecule has 1 aromatic rings. The third kappa shape index (κ3) is 1.67. The van der Waals surface area contributed by atoms with Crippen molar-refractivity contribution in [3.05, 3.63) is 27.7 Å². The minimum atomic E-state index is 0.186. The van der Waals surface area contributed by atoms with E-state index < -0.39 is 0 Å². The van der Waals surface area contributed by atoms with Crippen molar-refractivity contribution in [2.45, 2.75) is 19.3 Å². The van der Waals surface area contributed by atoms with Gasteiger partial charge in [0, 0.05) is 17.5 Å². The van der Waals surface area contributed by atoms with Crippen LogP contribution in [0.2, 0.25) is 10.0 Å². The topological polar surface area (TPSA) is 26.3 Å². The number of Topliss-reactive ketones (excluding diaryl/α,β-unsaturated/α-hetero) is 1. The molecule has 4 rings (SSSR count). The van der Waals surface area contributed by atoms with Crippen LogP contribution in [0.15, 0.2) is 12.1 Å². The molecule has 0 aromatic heterocycles. The molecular formula is C16H16Cl2O2. The maximum absolute atomic E-state index is 12.7. The first-order valence-corrected chi connectivity index (χ1v) is 7.94. The molecule has 20 heavy (non-hydrogen) atoms.